The summed E-state index contributed by atoms with van der Waals surface area (Å²) in [7, 11) is 0. The number of rotatable bonds is 1. The summed E-state index contributed by atoms with van der Waals surface area (Å²) in [6.45, 7) is 0. The third-order valence-electron chi connectivity index (χ3n) is 1.73. The van der Waals surface area contributed by atoms with E-state index in [1.54, 1.807) is 24.5 Å². The molecule has 1 heterocycles. The average Bonchev–Trinajstić information content (AvgIpc) is 2.34. The molecule has 1 aromatic carbocycles. The van der Waals surface area contributed by atoms with Crippen molar-refractivity contribution >= 4 is 23.2 Å². The summed E-state index contributed by atoms with van der Waals surface area (Å²) in [6, 6.07) is 9.34. The lowest BCUT2D eigenvalue weighted by molar-refractivity contribution is 1.20. The summed E-state index contributed by atoms with van der Waals surface area (Å²) in [5.41, 5.74) is 1.01. The zero-order valence-corrected chi connectivity index (χ0v) is 10.4. The molecular weight excluding hydrogens is 257 g/mol. The van der Waals surface area contributed by atoms with Gasteiger partial charge in [0, 0.05) is 17.4 Å². The number of nitriles is 1. The van der Waals surface area contributed by atoms with E-state index in [9.17, 15) is 0 Å². The first-order valence-electron chi connectivity index (χ1n) is 4.75. The molecule has 0 unspecified atom stereocenters. The summed E-state index contributed by atoms with van der Waals surface area (Å²) in [5.74, 6) is 0. The Morgan fingerprint density at radius 2 is 1.82 bits per heavy atom. The van der Waals surface area contributed by atoms with Crippen LogP contribution in [0.4, 0.5) is 0 Å². The molecule has 0 fully saturated rings. The fraction of sp³-hybridized carbons (Fsp3) is 0.0833. The van der Waals surface area contributed by atoms with Gasteiger partial charge in [-0.25, -0.2) is 4.98 Å². The number of hydrogen-bond acceptors (Lipinski definition) is 3. The Hall–Kier alpha value is -1.63. The van der Waals surface area contributed by atoms with Crippen LogP contribution in [0, 0.1) is 11.3 Å². The average molecular weight is 266 g/mol. The smallest absolute Gasteiger partial charge is 0.147 e. The first-order chi connectivity index (χ1) is 8.22. The molecule has 0 amide bonds. The summed E-state index contributed by atoms with van der Waals surface area (Å²) in [6.07, 6.45) is 5.06. The number of benzene rings is 1. The third-order valence-corrected chi connectivity index (χ3v) is 2.18. The predicted molar refractivity (Wildman–Crippen MR) is 67.8 cm³/mol. The molecule has 0 aliphatic heterocycles. The molecule has 0 aliphatic carbocycles. The van der Waals surface area contributed by atoms with Gasteiger partial charge in [0.1, 0.15) is 5.15 Å². The van der Waals surface area contributed by atoms with Gasteiger partial charge >= 0.3 is 0 Å². The van der Waals surface area contributed by atoms with Crippen molar-refractivity contribution in [1.82, 2.24) is 9.97 Å². The van der Waals surface area contributed by atoms with E-state index in [0.717, 1.165) is 5.56 Å². The molecule has 0 radical (unpaired) electrons. The van der Waals surface area contributed by atoms with E-state index >= 15 is 0 Å². The van der Waals surface area contributed by atoms with Gasteiger partial charge in [-0.3, -0.25) is 4.98 Å². The van der Waals surface area contributed by atoms with Gasteiger partial charge in [-0.2, -0.15) is 5.26 Å². The van der Waals surface area contributed by atoms with Gasteiger partial charge < -0.3 is 0 Å². The van der Waals surface area contributed by atoms with Crippen LogP contribution in [0.5, 0.6) is 0 Å². The van der Waals surface area contributed by atoms with Gasteiger partial charge in [0.05, 0.1) is 18.7 Å². The summed E-state index contributed by atoms with van der Waals surface area (Å²) in [5, 5.41) is 9.45. The van der Waals surface area contributed by atoms with Crippen LogP contribution in [-0.2, 0) is 6.42 Å². The van der Waals surface area contributed by atoms with Crippen LogP contribution in [0.3, 0.4) is 0 Å². The summed E-state index contributed by atoms with van der Waals surface area (Å²) in [4.78, 5) is 7.37. The van der Waals surface area contributed by atoms with Gasteiger partial charge in [-0.1, -0.05) is 35.3 Å². The van der Waals surface area contributed by atoms with Gasteiger partial charge in [0.25, 0.3) is 0 Å². The van der Waals surface area contributed by atoms with Crippen molar-refractivity contribution in [3.05, 3.63) is 58.6 Å². The molecule has 0 N–H and O–H groups in total. The van der Waals surface area contributed by atoms with Crippen molar-refractivity contribution in [2.45, 2.75) is 6.42 Å². The highest BCUT2D eigenvalue weighted by Crippen LogP contribution is 2.09. The van der Waals surface area contributed by atoms with E-state index in [2.05, 4.69) is 16.0 Å². The van der Waals surface area contributed by atoms with E-state index in [-0.39, 0.29) is 0 Å². The van der Waals surface area contributed by atoms with E-state index in [1.165, 1.54) is 6.20 Å². The molecule has 0 bridgehead atoms. The van der Waals surface area contributed by atoms with Gasteiger partial charge in [-0.05, 0) is 17.7 Å². The quantitative estimate of drug-likeness (QED) is 0.793. The van der Waals surface area contributed by atoms with E-state index in [4.69, 9.17) is 28.5 Å². The van der Waals surface area contributed by atoms with Crippen LogP contribution in [0.1, 0.15) is 5.56 Å². The lowest BCUT2D eigenvalue weighted by Crippen LogP contribution is -1.78. The van der Waals surface area contributed by atoms with Gasteiger partial charge in [-0.15, -0.1) is 0 Å². The normalized spacial score (nSPS) is 8.76. The molecule has 0 spiro atoms. The second-order valence-electron chi connectivity index (χ2n) is 2.99. The number of halogens is 2. The molecule has 0 saturated heterocycles. The molecule has 3 nitrogen and oxygen atoms in total. The van der Waals surface area contributed by atoms with Crippen LogP contribution in [0.2, 0.25) is 10.2 Å². The minimum absolute atomic E-state index is 0.433. The Bertz CT molecular complexity index is 477. The van der Waals surface area contributed by atoms with Gasteiger partial charge in [0.15, 0.2) is 0 Å². The number of nitrogens with zero attached hydrogens (tertiary/aromatic N) is 3. The molecule has 17 heavy (non-hydrogen) atoms. The van der Waals surface area contributed by atoms with Crippen molar-refractivity contribution in [3.8, 4) is 6.07 Å². The zero-order valence-electron chi connectivity index (χ0n) is 8.85. The van der Waals surface area contributed by atoms with E-state index < -0.39 is 0 Å². The Balaban J connectivity index is 0.000000181. The summed E-state index contributed by atoms with van der Waals surface area (Å²) < 4.78 is 0. The molecule has 1 aromatic heterocycles. The van der Waals surface area contributed by atoms with Gasteiger partial charge in [0.2, 0.25) is 0 Å². The maximum absolute atomic E-state index is 8.31. The topological polar surface area (TPSA) is 49.6 Å². The second-order valence-corrected chi connectivity index (χ2v) is 3.81. The maximum atomic E-state index is 8.31. The monoisotopic (exact) mass is 265 g/mol. The Labute approximate surface area is 110 Å². The van der Waals surface area contributed by atoms with Crippen LogP contribution in [0.15, 0.2) is 42.9 Å². The zero-order chi connectivity index (χ0) is 12.5. The number of aromatic nitrogens is 2. The molecular formula is C12H9Cl2N3. The maximum Gasteiger partial charge on any atom is 0.147 e. The van der Waals surface area contributed by atoms with Crippen molar-refractivity contribution in [2.75, 3.05) is 0 Å². The molecule has 0 aliphatic rings. The highest BCUT2D eigenvalue weighted by atomic mass is 35.5. The Kier molecular flexibility index (Phi) is 6.02. The predicted octanol–water partition coefficient (Wildman–Crippen LogP) is 3.54. The Morgan fingerprint density at radius 1 is 1.12 bits per heavy atom. The first kappa shape index (κ1) is 13.4. The molecule has 2 rings (SSSR count). The molecule has 2 aromatic rings. The van der Waals surface area contributed by atoms with Crippen LogP contribution < -0.4 is 0 Å². The fourth-order valence-electron chi connectivity index (χ4n) is 0.974. The highest BCUT2D eigenvalue weighted by Gasteiger charge is 1.89. The van der Waals surface area contributed by atoms with Crippen molar-refractivity contribution < 1.29 is 0 Å². The van der Waals surface area contributed by atoms with Crippen molar-refractivity contribution in [3.63, 3.8) is 0 Å². The van der Waals surface area contributed by atoms with Crippen molar-refractivity contribution in [1.29, 1.82) is 5.26 Å². The first-order valence-corrected chi connectivity index (χ1v) is 5.51. The van der Waals surface area contributed by atoms with E-state index in [0.29, 0.717) is 16.6 Å². The van der Waals surface area contributed by atoms with E-state index in [1.807, 2.05) is 12.1 Å². The fourth-order valence-corrected chi connectivity index (χ4v) is 1.21. The van der Waals surface area contributed by atoms with Crippen LogP contribution in [0.25, 0.3) is 0 Å². The lowest BCUT2D eigenvalue weighted by atomic mass is 10.2. The molecule has 5 heteroatoms. The standard InChI is InChI=1S/C8H6ClN.C4H3ClN2/c9-8-3-1-7(2-4-8)5-6-10;5-4-3-6-1-2-7-4/h1-4H,5H2;1-3H. The molecule has 0 atom stereocenters. The molecule has 0 saturated carbocycles. The SMILES string of the molecule is Clc1cnccn1.N#CCc1ccc(Cl)cc1. The highest BCUT2D eigenvalue weighted by molar-refractivity contribution is 6.30. The Morgan fingerprint density at radius 3 is 2.24 bits per heavy atom. The number of hydrogen-bond donors (Lipinski definition) is 0. The second kappa shape index (κ2) is 7.61. The molecule has 86 valence electrons. The third kappa shape index (κ3) is 5.86. The minimum atomic E-state index is 0.433. The summed E-state index contributed by atoms with van der Waals surface area (Å²) >= 11 is 11.0. The lowest BCUT2D eigenvalue weighted by Gasteiger charge is -1.91. The van der Waals surface area contributed by atoms with Crippen LogP contribution in [-0.4, -0.2) is 9.97 Å². The van der Waals surface area contributed by atoms with Crippen molar-refractivity contribution in [2.24, 2.45) is 0 Å². The van der Waals surface area contributed by atoms with Crippen LogP contribution >= 0.6 is 23.2 Å². The largest absolute Gasteiger partial charge is 0.260 e. The minimum Gasteiger partial charge on any atom is -0.260 e.